The van der Waals surface area contributed by atoms with E-state index in [-0.39, 0.29) is 11.8 Å². The number of rotatable bonds is 6. The number of nitrogens with zero attached hydrogens (tertiary/aromatic N) is 2. The molecule has 7 heteroatoms. The summed E-state index contributed by atoms with van der Waals surface area (Å²) in [7, 11) is 0. The number of halogens is 1. The van der Waals surface area contributed by atoms with Crippen molar-refractivity contribution in [3.63, 3.8) is 0 Å². The average Bonchev–Trinajstić information content (AvgIpc) is 2.95. The van der Waals surface area contributed by atoms with E-state index in [0.29, 0.717) is 23.7 Å². The van der Waals surface area contributed by atoms with Crippen LogP contribution in [0.2, 0.25) is 5.02 Å². The fraction of sp³-hybridized carbons (Fsp3) is 0.500. The minimum Gasteiger partial charge on any atom is -0.373 e. The van der Waals surface area contributed by atoms with Crippen molar-refractivity contribution in [1.29, 1.82) is 0 Å². The van der Waals surface area contributed by atoms with Gasteiger partial charge in [-0.15, -0.1) is 0 Å². The van der Waals surface area contributed by atoms with Crippen LogP contribution in [0.5, 0.6) is 0 Å². The van der Waals surface area contributed by atoms with E-state index in [4.69, 9.17) is 17.3 Å². The first kappa shape index (κ1) is 19.9. The van der Waals surface area contributed by atoms with E-state index in [1.54, 1.807) is 16.8 Å². The Morgan fingerprint density at radius 1 is 1.30 bits per heavy atom. The lowest BCUT2D eigenvalue weighted by molar-refractivity contribution is 0.0532. The number of nitrogens with one attached hydrogen (secondary N) is 1. The lowest BCUT2D eigenvalue weighted by Gasteiger charge is -2.22. The number of amides is 1. The van der Waals surface area contributed by atoms with Crippen LogP contribution in [0.25, 0.3) is 11.3 Å². The van der Waals surface area contributed by atoms with Crippen LogP contribution in [0.1, 0.15) is 48.9 Å². The molecule has 0 saturated heterocycles. The maximum absolute atomic E-state index is 12.7. The molecular weight excluding hydrogens is 364 g/mol. The summed E-state index contributed by atoms with van der Waals surface area (Å²) in [6, 6.07) is 7.11. The van der Waals surface area contributed by atoms with Gasteiger partial charge in [-0.3, -0.25) is 9.48 Å². The van der Waals surface area contributed by atoms with Crippen LogP contribution < -0.4 is 11.1 Å². The first-order valence-electron chi connectivity index (χ1n) is 9.61. The minimum atomic E-state index is -0.848. The lowest BCUT2D eigenvalue weighted by atomic mass is 9.98. The monoisotopic (exact) mass is 390 g/mol. The second-order valence-corrected chi connectivity index (χ2v) is 7.52. The molecule has 1 aliphatic carbocycles. The van der Waals surface area contributed by atoms with Gasteiger partial charge in [0.15, 0.2) is 0 Å². The number of benzene rings is 1. The van der Waals surface area contributed by atoms with Crippen molar-refractivity contribution in [2.75, 3.05) is 6.54 Å². The van der Waals surface area contributed by atoms with Crippen LogP contribution in [0.4, 0.5) is 0 Å². The Bertz CT molecular complexity index is 769. The predicted molar refractivity (Wildman–Crippen MR) is 106 cm³/mol. The van der Waals surface area contributed by atoms with Crippen molar-refractivity contribution in [1.82, 2.24) is 15.1 Å². The molecule has 2 aromatic rings. The van der Waals surface area contributed by atoms with Crippen molar-refractivity contribution in [3.05, 3.63) is 41.0 Å². The van der Waals surface area contributed by atoms with Crippen LogP contribution in [0.3, 0.4) is 0 Å². The number of carbonyl (C=O) groups is 1. The van der Waals surface area contributed by atoms with Crippen LogP contribution in [-0.4, -0.2) is 33.6 Å². The quantitative estimate of drug-likeness (QED) is 0.521. The fourth-order valence-corrected chi connectivity index (χ4v) is 3.79. The Hall–Kier alpha value is -1.89. The molecule has 0 aliphatic heterocycles. The molecule has 1 aliphatic rings. The van der Waals surface area contributed by atoms with Gasteiger partial charge in [0.1, 0.15) is 6.23 Å². The van der Waals surface area contributed by atoms with E-state index in [1.165, 1.54) is 12.8 Å². The van der Waals surface area contributed by atoms with Gasteiger partial charge < -0.3 is 16.2 Å². The topological polar surface area (TPSA) is 93.2 Å². The van der Waals surface area contributed by atoms with Gasteiger partial charge in [-0.2, -0.15) is 5.10 Å². The maximum Gasteiger partial charge on any atom is 0.254 e. The van der Waals surface area contributed by atoms with E-state index in [1.807, 2.05) is 18.3 Å². The SMILES string of the molecule is NCCn1ccc(-c2ccc(Cl)c(C(=O)NC(O)C3CCCCCC3)c2)n1. The zero-order valence-corrected chi connectivity index (χ0v) is 16.2. The molecule has 1 heterocycles. The van der Waals surface area contributed by atoms with Crippen LogP contribution in [0.15, 0.2) is 30.5 Å². The van der Waals surface area contributed by atoms with E-state index >= 15 is 0 Å². The number of aliphatic hydroxyl groups excluding tert-OH is 1. The van der Waals surface area contributed by atoms with Gasteiger partial charge in [0.25, 0.3) is 5.91 Å². The Morgan fingerprint density at radius 3 is 2.74 bits per heavy atom. The Labute approximate surface area is 164 Å². The first-order chi connectivity index (χ1) is 13.1. The fourth-order valence-electron chi connectivity index (χ4n) is 3.59. The number of nitrogens with two attached hydrogens (primary N) is 1. The minimum absolute atomic E-state index is 0.102. The van der Waals surface area contributed by atoms with Gasteiger partial charge >= 0.3 is 0 Å². The zero-order chi connectivity index (χ0) is 19.2. The normalized spacial score (nSPS) is 16.7. The van der Waals surface area contributed by atoms with E-state index in [0.717, 1.165) is 36.9 Å². The molecule has 1 aromatic carbocycles. The summed E-state index contributed by atoms with van der Waals surface area (Å²) in [6.07, 6.45) is 7.47. The maximum atomic E-state index is 12.7. The lowest BCUT2D eigenvalue weighted by Crippen LogP contribution is -2.40. The summed E-state index contributed by atoms with van der Waals surface area (Å²) in [4.78, 5) is 12.7. The molecule has 1 amide bonds. The molecule has 3 rings (SSSR count). The summed E-state index contributed by atoms with van der Waals surface area (Å²) in [5.74, 6) is -0.259. The van der Waals surface area contributed by atoms with Crippen LogP contribution >= 0.6 is 11.6 Å². The molecule has 1 aromatic heterocycles. The Morgan fingerprint density at radius 2 is 2.04 bits per heavy atom. The molecule has 27 heavy (non-hydrogen) atoms. The standard InChI is InChI=1S/C20H27ClN4O2/c21-17-8-7-15(18-9-11-25(24-18)12-10-22)13-16(17)20(27)23-19(26)14-5-3-1-2-4-6-14/h7-9,11,13-14,19,26H,1-6,10,12,22H2,(H,23,27). The van der Waals surface area contributed by atoms with Crippen molar-refractivity contribution in [2.45, 2.75) is 51.3 Å². The summed E-state index contributed by atoms with van der Waals surface area (Å²) >= 11 is 6.24. The number of aliphatic hydroxyl groups is 1. The second-order valence-electron chi connectivity index (χ2n) is 7.12. The van der Waals surface area contributed by atoms with Gasteiger partial charge in [0.2, 0.25) is 0 Å². The molecule has 0 radical (unpaired) electrons. The summed E-state index contributed by atoms with van der Waals surface area (Å²) in [5, 5.41) is 18.0. The van der Waals surface area contributed by atoms with E-state index < -0.39 is 6.23 Å². The number of hydrogen-bond donors (Lipinski definition) is 3. The Kier molecular flexibility index (Phi) is 6.88. The number of hydrogen-bond acceptors (Lipinski definition) is 4. The molecule has 0 bridgehead atoms. The molecular formula is C20H27ClN4O2. The highest BCUT2D eigenvalue weighted by molar-refractivity contribution is 6.34. The van der Waals surface area contributed by atoms with Crippen molar-refractivity contribution in [2.24, 2.45) is 11.7 Å². The zero-order valence-electron chi connectivity index (χ0n) is 15.4. The number of carbonyl (C=O) groups excluding carboxylic acids is 1. The third kappa shape index (κ3) is 5.09. The predicted octanol–water partition coefficient (Wildman–Crippen LogP) is 3.18. The van der Waals surface area contributed by atoms with Gasteiger partial charge in [-0.25, -0.2) is 0 Å². The van der Waals surface area contributed by atoms with Crippen molar-refractivity contribution in [3.8, 4) is 11.3 Å². The molecule has 6 nitrogen and oxygen atoms in total. The summed E-state index contributed by atoms with van der Waals surface area (Å²) < 4.78 is 1.76. The number of aromatic nitrogens is 2. The molecule has 1 saturated carbocycles. The van der Waals surface area contributed by atoms with E-state index in [2.05, 4.69) is 10.4 Å². The highest BCUT2D eigenvalue weighted by Crippen LogP contribution is 2.27. The molecule has 0 spiro atoms. The summed E-state index contributed by atoms with van der Waals surface area (Å²) in [6.45, 7) is 1.14. The molecule has 1 fully saturated rings. The van der Waals surface area contributed by atoms with Crippen LogP contribution in [-0.2, 0) is 6.54 Å². The van der Waals surface area contributed by atoms with Gasteiger partial charge in [0.05, 0.1) is 22.8 Å². The third-order valence-corrected chi connectivity index (χ3v) is 5.46. The highest BCUT2D eigenvalue weighted by atomic mass is 35.5. The molecule has 1 unspecified atom stereocenters. The van der Waals surface area contributed by atoms with Gasteiger partial charge in [0, 0.05) is 24.2 Å². The molecule has 4 N–H and O–H groups in total. The third-order valence-electron chi connectivity index (χ3n) is 5.13. The second kappa shape index (κ2) is 9.35. The highest BCUT2D eigenvalue weighted by Gasteiger charge is 2.23. The smallest absolute Gasteiger partial charge is 0.254 e. The van der Waals surface area contributed by atoms with Gasteiger partial charge in [-0.05, 0) is 31.0 Å². The Balaban J connectivity index is 1.73. The largest absolute Gasteiger partial charge is 0.373 e. The average molecular weight is 391 g/mol. The van der Waals surface area contributed by atoms with Gasteiger partial charge in [-0.1, -0.05) is 43.4 Å². The van der Waals surface area contributed by atoms with Crippen LogP contribution in [0, 0.1) is 5.92 Å². The van der Waals surface area contributed by atoms with Crippen molar-refractivity contribution >= 4 is 17.5 Å². The van der Waals surface area contributed by atoms with Crippen molar-refractivity contribution < 1.29 is 9.90 Å². The molecule has 1 atom stereocenters. The van der Waals surface area contributed by atoms with E-state index in [9.17, 15) is 9.90 Å². The summed E-state index contributed by atoms with van der Waals surface area (Å²) in [5.41, 5.74) is 7.44. The first-order valence-corrected chi connectivity index (χ1v) is 9.98. The molecule has 146 valence electrons.